The van der Waals surface area contributed by atoms with E-state index in [2.05, 4.69) is 11.9 Å². The maximum atomic E-state index is 11.6. The summed E-state index contributed by atoms with van der Waals surface area (Å²) in [5, 5.41) is 13.3. The molecule has 0 aromatic carbocycles. The summed E-state index contributed by atoms with van der Waals surface area (Å²) in [6.07, 6.45) is 1.70. The maximum absolute atomic E-state index is 11.6. The van der Waals surface area contributed by atoms with Crippen molar-refractivity contribution in [1.82, 2.24) is 5.32 Å². The Balaban J connectivity index is 4.45. The van der Waals surface area contributed by atoms with Crippen LogP contribution >= 0.6 is 0 Å². The topological polar surface area (TPSA) is 78.5 Å². The molecule has 0 rings (SSSR count). The smallest absolute Gasteiger partial charge is 0.407 e. The third kappa shape index (κ3) is 6.84. The van der Waals surface area contributed by atoms with Crippen molar-refractivity contribution in [3.05, 3.63) is 12.7 Å². The molecule has 0 bridgehead atoms. The molecule has 0 heterocycles. The van der Waals surface area contributed by atoms with E-state index >= 15 is 0 Å². The van der Waals surface area contributed by atoms with E-state index in [4.69, 9.17) is 4.74 Å². The lowest BCUT2D eigenvalue weighted by atomic mass is 9.87. The van der Waals surface area contributed by atoms with E-state index < -0.39 is 23.5 Å². The van der Waals surface area contributed by atoms with E-state index in [1.54, 1.807) is 26.8 Å². The molecule has 0 saturated heterocycles. The van der Waals surface area contributed by atoms with Gasteiger partial charge in [0, 0.05) is 5.41 Å². The van der Waals surface area contributed by atoms with Crippen molar-refractivity contribution in [2.24, 2.45) is 10.8 Å². The quantitative estimate of drug-likeness (QED) is 0.741. The number of carbonyl (C=O) groups is 2. The van der Waals surface area contributed by atoms with Crippen molar-refractivity contribution in [1.29, 1.82) is 0 Å². The molecular formula is C14H24NO4-. The van der Waals surface area contributed by atoms with Gasteiger partial charge in [-0.1, -0.05) is 40.7 Å². The Morgan fingerprint density at radius 3 is 2.21 bits per heavy atom. The molecule has 0 aromatic rings. The summed E-state index contributed by atoms with van der Waals surface area (Å²) in [5.41, 5.74) is -0.869. The van der Waals surface area contributed by atoms with Crippen LogP contribution in [0.15, 0.2) is 12.7 Å². The van der Waals surface area contributed by atoms with Gasteiger partial charge in [-0.3, -0.25) is 0 Å². The number of nitrogens with one attached hydrogen (secondary N) is 1. The number of alkyl carbamates (subject to hydrolysis) is 1. The van der Waals surface area contributed by atoms with Crippen LogP contribution in [-0.2, 0) is 9.53 Å². The zero-order chi connectivity index (χ0) is 15.3. The lowest BCUT2D eigenvalue weighted by Gasteiger charge is -2.32. The standard InChI is InChI=1S/C14H25NO4/c1-7-8-14(5,6)9-19-12(18)15-10(11(16)17)13(2,3)4/h7,10H,1,8-9H2,2-6H3,(H,15,18)(H,16,17)/p-1. The average molecular weight is 270 g/mol. The van der Waals surface area contributed by atoms with Gasteiger partial charge in [-0.25, -0.2) is 4.79 Å². The zero-order valence-corrected chi connectivity index (χ0v) is 12.4. The monoisotopic (exact) mass is 270 g/mol. The predicted octanol–water partition coefficient (Wildman–Crippen LogP) is 1.48. The Morgan fingerprint density at radius 1 is 1.32 bits per heavy atom. The normalized spacial score (nSPS) is 13.5. The molecule has 0 saturated carbocycles. The molecule has 5 heteroatoms. The van der Waals surface area contributed by atoms with Gasteiger partial charge in [0.15, 0.2) is 0 Å². The van der Waals surface area contributed by atoms with Crippen LogP contribution in [0.5, 0.6) is 0 Å². The molecular weight excluding hydrogens is 246 g/mol. The molecule has 0 fully saturated rings. The van der Waals surface area contributed by atoms with Crippen LogP contribution in [-0.4, -0.2) is 24.7 Å². The first-order valence-corrected chi connectivity index (χ1v) is 6.24. The zero-order valence-electron chi connectivity index (χ0n) is 12.4. The number of rotatable bonds is 6. The highest BCUT2D eigenvalue weighted by Gasteiger charge is 2.28. The first-order chi connectivity index (χ1) is 8.49. The van der Waals surface area contributed by atoms with E-state index in [0.717, 1.165) is 0 Å². The Labute approximate surface area is 115 Å². The van der Waals surface area contributed by atoms with Gasteiger partial charge in [0.1, 0.15) is 0 Å². The molecule has 0 aliphatic carbocycles. The summed E-state index contributed by atoms with van der Waals surface area (Å²) in [6, 6.07) is -1.09. The summed E-state index contributed by atoms with van der Waals surface area (Å²) < 4.78 is 5.05. The minimum absolute atomic E-state index is 0.189. The van der Waals surface area contributed by atoms with Gasteiger partial charge >= 0.3 is 6.09 Å². The fourth-order valence-corrected chi connectivity index (χ4v) is 1.50. The second kappa shape index (κ2) is 6.59. The largest absolute Gasteiger partial charge is 0.548 e. The molecule has 0 radical (unpaired) electrons. The minimum atomic E-state index is -1.32. The Bertz CT molecular complexity index is 342. The van der Waals surface area contributed by atoms with E-state index in [1.807, 2.05) is 13.8 Å². The molecule has 1 atom stereocenters. The van der Waals surface area contributed by atoms with E-state index in [1.165, 1.54) is 0 Å². The first kappa shape index (κ1) is 17.5. The fraction of sp³-hybridized carbons (Fsp3) is 0.714. The number of ether oxygens (including phenoxy) is 1. The lowest BCUT2D eigenvalue weighted by molar-refractivity contribution is -0.310. The van der Waals surface area contributed by atoms with Crippen molar-refractivity contribution in [2.45, 2.75) is 47.1 Å². The average Bonchev–Trinajstić information content (AvgIpc) is 2.21. The van der Waals surface area contributed by atoms with Gasteiger partial charge in [0.25, 0.3) is 0 Å². The summed E-state index contributed by atoms with van der Waals surface area (Å²) >= 11 is 0. The lowest BCUT2D eigenvalue weighted by Crippen LogP contribution is -2.54. The SMILES string of the molecule is C=CCC(C)(C)COC(=O)NC(C(=O)[O-])C(C)(C)C. The Kier molecular flexibility index (Phi) is 6.06. The number of aliphatic carboxylic acids is 1. The molecule has 1 unspecified atom stereocenters. The maximum Gasteiger partial charge on any atom is 0.407 e. The van der Waals surface area contributed by atoms with Gasteiger partial charge in [-0.15, -0.1) is 6.58 Å². The summed E-state index contributed by atoms with van der Waals surface area (Å²) in [6.45, 7) is 12.8. The van der Waals surface area contributed by atoms with Crippen molar-refractivity contribution in [3.8, 4) is 0 Å². The van der Waals surface area contributed by atoms with Crippen LogP contribution in [0.2, 0.25) is 0 Å². The Morgan fingerprint density at radius 2 is 1.84 bits per heavy atom. The first-order valence-electron chi connectivity index (χ1n) is 6.24. The summed E-state index contributed by atoms with van der Waals surface area (Å²) in [5.74, 6) is -1.32. The highest BCUT2D eigenvalue weighted by Crippen LogP contribution is 2.22. The number of carboxylic acids is 1. The number of carboxylic acid groups (broad SMARTS) is 1. The van der Waals surface area contributed by atoms with Gasteiger partial charge in [0.2, 0.25) is 0 Å². The molecule has 0 aliphatic heterocycles. The van der Waals surface area contributed by atoms with Crippen LogP contribution in [0.25, 0.3) is 0 Å². The van der Waals surface area contributed by atoms with Gasteiger partial charge in [-0.2, -0.15) is 0 Å². The predicted molar refractivity (Wildman–Crippen MR) is 71.3 cm³/mol. The summed E-state index contributed by atoms with van der Waals surface area (Å²) in [7, 11) is 0. The second-order valence-corrected chi connectivity index (χ2v) is 6.50. The van der Waals surface area contributed by atoms with Crippen molar-refractivity contribution in [2.75, 3.05) is 6.61 Å². The van der Waals surface area contributed by atoms with Crippen molar-refractivity contribution in [3.63, 3.8) is 0 Å². The molecule has 5 nitrogen and oxygen atoms in total. The number of allylic oxidation sites excluding steroid dienone is 1. The van der Waals surface area contributed by atoms with E-state index in [0.29, 0.717) is 6.42 Å². The second-order valence-electron chi connectivity index (χ2n) is 6.50. The minimum Gasteiger partial charge on any atom is -0.548 e. The third-order valence-electron chi connectivity index (χ3n) is 2.65. The number of carbonyl (C=O) groups excluding carboxylic acids is 2. The number of amides is 1. The molecule has 0 aromatic heterocycles. The van der Waals surface area contributed by atoms with Crippen molar-refractivity contribution < 1.29 is 19.4 Å². The number of hydrogen-bond acceptors (Lipinski definition) is 4. The highest BCUT2D eigenvalue weighted by atomic mass is 16.5. The van der Waals surface area contributed by atoms with Crippen LogP contribution in [0.3, 0.4) is 0 Å². The fourth-order valence-electron chi connectivity index (χ4n) is 1.50. The van der Waals surface area contributed by atoms with Gasteiger partial charge in [0.05, 0.1) is 18.6 Å². The van der Waals surface area contributed by atoms with E-state index in [9.17, 15) is 14.7 Å². The van der Waals surface area contributed by atoms with Gasteiger partial charge in [-0.05, 0) is 11.8 Å². The third-order valence-corrected chi connectivity index (χ3v) is 2.65. The molecule has 19 heavy (non-hydrogen) atoms. The molecule has 0 aliphatic rings. The van der Waals surface area contributed by atoms with Crippen LogP contribution in [0.1, 0.15) is 41.0 Å². The highest BCUT2D eigenvalue weighted by molar-refractivity contribution is 5.79. The van der Waals surface area contributed by atoms with Crippen LogP contribution in [0.4, 0.5) is 4.79 Å². The van der Waals surface area contributed by atoms with Crippen LogP contribution < -0.4 is 10.4 Å². The molecule has 110 valence electrons. The summed E-state index contributed by atoms with van der Waals surface area (Å²) in [4.78, 5) is 22.6. The van der Waals surface area contributed by atoms with E-state index in [-0.39, 0.29) is 12.0 Å². The number of hydrogen-bond donors (Lipinski definition) is 1. The van der Waals surface area contributed by atoms with Crippen LogP contribution in [0, 0.1) is 10.8 Å². The molecule has 1 N–H and O–H groups in total. The van der Waals surface area contributed by atoms with Gasteiger partial charge < -0.3 is 20.0 Å². The molecule has 1 amide bonds. The Hall–Kier alpha value is -1.52. The van der Waals surface area contributed by atoms with Crippen molar-refractivity contribution >= 4 is 12.1 Å². The molecule has 0 spiro atoms.